The fraction of sp³-hybridized carbons (Fsp3) is 0.115. The number of rotatable bonds is 1. The van der Waals surface area contributed by atoms with Crippen LogP contribution in [-0.2, 0) is 0 Å². The molecule has 0 saturated heterocycles. The van der Waals surface area contributed by atoms with Gasteiger partial charge in [-0.2, -0.15) is 0 Å². The third kappa shape index (κ3) is 2.33. The Morgan fingerprint density at radius 2 is 1.69 bits per heavy atom. The fourth-order valence-corrected chi connectivity index (χ4v) is 11.2. The molecule has 2 aromatic heterocycles. The Bertz CT molecular complexity index is 1550. The number of nitrogens with zero attached hydrogens (tertiary/aromatic N) is 1. The summed E-state index contributed by atoms with van der Waals surface area (Å²) in [4.78, 5) is 4.46. The van der Waals surface area contributed by atoms with Gasteiger partial charge in [0.25, 0.3) is 0 Å². The van der Waals surface area contributed by atoms with Crippen LogP contribution < -0.4 is 8.79 Å². The minimum atomic E-state index is -2.38. The van der Waals surface area contributed by atoms with Crippen molar-refractivity contribution >= 4 is 44.0 Å². The quantitative estimate of drug-likeness (QED) is 0.311. The number of fused-ring (bicyclic) bond motifs is 6. The third-order valence-corrected chi connectivity index (χ3v) is 13.7. The summed E-state index contributed by atoms with van der Waals surface area (Å²) in [5.41, 5.74) is 6.01. The average Bonchev–Trinajstić information content (AvgIpc) is 3.25. The van der Waals surface area contributed by atoms with Crippen molar-refractivity contribution in [2.45, 2.75) is 18.4 Å². The van der Waals surface area contributed by atoms with Crippen molar-refractivity contribution in [1.82, 2.24) is 4.98 Å². The first-order valence-electron chi connectivity index (χ1n) is 11.3. The van der Waals surface area contributed by atoms with E-state index in [-0.39, 0.29) is 5.56 Å². The first kappa shape index (κ1) is 14.2. The molecule has 0 fully saturated rings. The second-order valence-corrected chi connectivity index (χ2v) is 17.4. The molecule has 0 saturated carbocycles. The second-order valence-electron chi connectivity index (χ2n) is 8.28. The molecule has 29 heavy (non-hydrogen) atoms. The minimum absolute atomic E-state index is 0.279. The summed E-state index contributed by atoms with van der Waals surface area (Å²) in [6.07, 6.45) is 1.56. The molecule has 6 rings (SSSR count). The van der Waals surface area contributed by atoms with Crippen molar-refractivity contribution in [3.8, 4) is 22.4 Å². The topological polar surface area (TPSA) is 26.0 Å². The monoisotopic (exact) mass is 440 g/mol. The number of pyridine rings is 1. The normalized spacial score (nSPS) is 16.3. The Hall–Kier alpha value is -2.85. The molecule has 0 spiro atoms. The number of benzene rings is 3. The van der Waals surface area contributed by atoms with Gasteiger partial charge in [0.15, 0.2) is 0 Å². The van der Waals surface area contributed by atoms with Gasteiger partial charge in [0.1, 0.15) is 0 Å². The van der Waals surface area contributed by atoms with Crippen LogP contribution in [0.15, 0.2) is 77.3 Å². The van der Waals surface area contributed by atoms with E-state index >= 15 is 0 Å². The van der Waals surface area contributed by atoms with Crippen molar-refractivity contribution < 1.29 is 8.53 Å². The number of furan rings is 1. The van der Waals surface area contributed by atoms with Gasteiger partial charge in [0, 0.05) is 0 Å². The number of aryl methyl sites for hydroxylation is 1. The SMILES string of the molecule is [2H]C([2H])([2H])c1ccnc(-c2cccc3c2oc2c[c]4c(cc23)-c2cccc[c]2[Ge]4([CH3])[CH3])c1. The molecule has 3 heteroatoms. The number of hydrogen-bond acceptors (Lipinski definition) is 2. The predicted octanol–water partition coefficient (Wildman–Crippen LogP) is 5.76. The molecule has 0 aliphatic carbocycles. The van der Waals surface area contributed by atoms with Gasteiger partial charge < -0.3 is 0 Å². The van der Waals surface area contributed by atoms with Gasteiger partial charge in [-0.25, -0.2) is 0 Å². The summed E-state index contributed by atoms with van der Waals surface area (Å²) in [5, 5.41) is 2.11. The Balaban J connectivity index is 1.62. The summed E-state index contributed by atoms with van der Waals surface area (Å²) in [7, 11) is 0. The predicted molar refractivity (Wildman–Crippen MR) is 124 cm³/mol. The van der Waals surface area contributed by atoms with Crippen LogP contribution in [0.4, 0.5) is 0 Å². The first-order chi connectivity index (χ1) is 15.2. The van der Waals surface area contributed by atoms with E-state index in [1.165, 1.54) is 19.9 Å². The van der Waals surface area contributed by atoms with Gasteiger partial charge in [-0.3, -0.25) is 0 Å². The standard InChI is InChI=1S/C26H21GeNO/c1-16-11-12-28-24(13-16)19-9-6-8-18-21-14-20-17-7-4-5-10-22(17)27(2,3)23(20)15-25(21)29-26(18)19/h4-15H,1-3H3/i1D3. The zero-order chi connectivity index (χ0) is 22.3. The second kappa shape index (κ2) is 5.83. The van der Waals surface area contributed by atoms with Gasteiger partial charge in [0.2, 0.25) is 0 Å². The molecule has 0 amide bonds. The van der Waals surface area contributed by atoms with E-state index in [1.807, 2.05) is 12.1 Å². The van der Waals surface area contributed by atoms with Gasteiger partial charge in [-0.15, -0.1) is 0 Å². The van der Waals surface area contributed by atoms with Crippen LogP contribution in [0.2, 0.25) is 11.5 Å². The molecule has 3 aromatic carbocycles. The Morgan fingerprint density at radius 3 is 2.59 bits per heavy atom. The van der Waals surface area contributed by atoms with Crippen molar-refractivity contribution in [1.29, 1.82) is 0 Å². The van der Waals surface area contributed by atoms with Crippen molar-refractivity contribution in [3.05, 3.63) is 78.5 Å². The summed E-state index contributed by atoms with van der Waals surface area (Å²) < 4.78 is 32.6. The number of para-hydroxylation sites is 1. The molecule has 5 aromatic rings. The van der Waals surface area contributed by atoms with Crippen LogP contribution in [0.5, 0.6) is 0 Å². The van der Waals surface area contributed by atoms with Gasteiger partial charge >= 0.3 is 177 Å². The van der Waals surface area contributed by atoms with E-state index < -0.39 is 20.1 Å². The Labute approximate surface area is 176 Å². The number of hydrogen-bond donors (Lipinski definition) is 0. The Morgan fingerprint density at radius 1 is 0.828 bits per heavy atom. The van der Waals surface area contributed by atoms with Crippen LogP contribution in [0.25, 0.3) is 44.3 Å². The van der Waals surface area contributed by atoms with E-state index in [0.29, 0.717) is 5.69 Å². The molecule has 0 unspecified atom stereocenters. The average molecular weight is 439 g/mol. The zero-order valence-corrected chi connectivity index (χ0v) is 18.4. The third-order valence-electron chi connectivity index (χ3n) is 6.24. The molecule has 1 aliphatic rings. The van der Waals surface area contributed by atoms with Crippen LogP contribution in [0, 0.1) is 6.85 Å². The van der Waals surface area contributed by atoms with Crippen molar-refractivity contribution in [2.75, 3.05) is 0 Å². The van der Waals surface area contributed by atoms with Crippen LogP contribution >= 0.6 is 0 Å². The fourth-order valence-electron chi connectivity index (χ4n) is 4.77. The first-order valence-corrected chi connectivity index (χ1v) is 16.1. The molecule has 2 nitrogen and oxygen atoms in total. The molecule has 0 N–H and O–H groups in total. The summed E-state index contributed by atoms with van der Waals surface area (Å²) in [6.45, 7) is -2.18. The van der Waals surface area contributed by atoms with Crippen molar-refractivity contribution in [2.24, 2.45) is 0 Å². The molecule has 0 radical (unpaired) electrons. The summed E-state index contributed by atoms with van der Waals surface area (Å²) in [6, 6.07) is 22.5. The molecule has 140 valence electrons. The van der Waals surface area contributed by atoms with E-state index in [4.69, 9.17) is 8.53 Å². The zero-order valence-electron chi connectivity index (χ0n) is 19.3. The maximum atomic E-state index is 7.74. The van der Waals surface area contributed by atoms with E-state index in [0.717, 1.165) is 27.5 Å². The van der Waals surface area contributed by atoms with Crippen LogP contribution in [0.1, 0.15) is 9.68 Å². The van der Waals surface area contributed by atoms with Crippen LogP contribution in [-0.4, -0.2) is 18.3 Å². The molecule has 1 aliphatic heterocycles. The molecular weight excluding hydrogens is 415 g/mol. The van der Waals surface area contributed by atoms with E-state index in [2.05, 4.69) is 59.0 Å². The van der Waals surface area contributed by atoms with E-state index in [1.54, 1.807) is 18.3 Å². The molecule has 0 bridgehead atoms. The Kier molecular flexibility index (Phi) is 2.85. The summed E-state index contributed by atoms with van der Waals surface area (Å²) >= 11 is -2.38. The van der Waals surface area contributed by atoms with E-state index in [9.17, 15) is 0 Å². The molecule has 0 atom stereocenters. The molecule has 3 heterocycles. The van der Waals surface area contributed by atoms with Crippen LogP contribution in [0.3, 0.4) is 0 Å². The van der Waals surface area contributed by atoms with Crippen molar-refractivity contribution in [3.63, 3.8) is 0 Å². The number of aromatic nitrogens is 1. The van der Waals surface area contributed by atoms with Gasteiger partial charge in [0.05, 0.1) is 0 Å². The maximum absolute atomic E-state index is 7.74. The van der Waals surface area contributed by atoms with Gasteiger partial charge in [-0.1, -0.05) is 0 Å². The summed E-state index contributed by atoms with van der Waals surface area (Å²) in [5.74, 6) is 4.88. The van der Waals surface area contributed by atoms with Gasteiger partial charge in [-0.05, 0) is 0 Å². The molecular formula is C26H21GeNO.